The van der Waals surface area contributed by atoms with Crippen molar-refractivity contribution in [2.24, 2.45) is 0 Å². The summed E-state index contributed by atoms with van der Waals surface area (Å²) < 4.78 is 0. The standard InChI is InChI=1S/C13H14.K/c1-10(2)12-9-5-7-11-6-3-4-8-13(11)12;/h3-10H,1-2H3;. The largest absolute Gasteiger partial charge is 0.0616 e. The van der Waals surface area contributed by atoms with Crippen LogP contribution in [0.25, 0.3) is 10.8 Å². The Balaban J connectivity index is 0.000000980. The van der Waals surface area contributed by atoms with Crippen molar-refractivity contribution in [3.05, 3.63) is 48.0 Å². The predicted octanol–water partition coefficient (Wildman–Crippen LogP) is 3.58. The van der Waals surface area contributed by atoms with E-state index in [0.29, 0.717) is 5.92 Å². The van der Waals surface area contributed by atoms with Crippen LogP contribution in [-0.4, -0.2) is 51.4 Å². The Labute approximate surface area is 128 Å². The van der Waals surface area contributed by atoms with Gasteiger partial charge < -0.3 is 0 Å². The quantitative estimate of drug-likeness (QED) is 0.630. The topological polar surface area (TPSA) is 0 Å². The summed E-state index contributed by atoms with van der Waals surface area (Å²) in [5.41, 5.74) is 1.44. The van der Waals surface area contributed by atoms with Crippen molar-refractivity contribution >= 4 is 62.2 Å². The van der Waals surface area contributed by atoms with Gasteiger partial charge in [0.25, 0.3) is 0 Å². The van der Waals surface area contributed by atoms with Gasteiger partial charge in [0.15, 0.2) is 0 Å². The first-order valence-electron chi connectivity index (χ1n) is 4.76. The second-order valence-corrected chi connectivity index (χ2v) is 3.72. The maximum atomic E-state index is 2.24. The van der Waals surface area contributed by atoms with Gasteiger partial charge in [-0.05, 0) is 22.3 Å². The Morgan fingerprint density at radius 2 is 1.50 bits per heavy atom. The van der Waals surface area contributed by atoms with Crippen LogP contribution in [0.5, 0.6) is 0 Å². The molecule has 0 fully saturated rings. The molecule has 0 nitrogen and oxygen atoms in total. The van der Waals surface area contributed by atoms with Gasteiger partial charge in [0, 0.05) is 51.4 Å². The van der Waals surface area contributed by atoms with E-state index in [0.717, 1.165) is 0 Å². The van der Waals surface area contributed by atoms with Gasteiger partial charge in [-0.15, -0.1) is 0 Å². The summed E-state index contributed by atoms with van der Waals surface area (Å²) in [6, 6.07) is 15.1. The minimum absolute atomic E-state index is 0. The van der Waals surface area contributed by atoms with Crippen molar-refractivity contribution < 1.29 is 0 Å². The van der Waals surface area contributed by atoms with Crippen LogP contribution in [0, 0.1) is 0 Å². The van der Waals surface area contributed by atoms with Crippen LogP contribution in [0.1, 0.15) is 25.3 Å². The molecule has 2 rings (SSSR count). The van der Waals surface area contributed by atoms with Crippen molar-refractivity contribution in [1.82, 2.24) is 0 Å². The maximum absolute atomic E-state index is 2.24. The van der Waals surface area contributed by atoms with E-state index in [9.17, 15) is 0 Å². The molecule has 67 valence electrons. The minimum atomic E-state index is 0. The molecule has 1 heteroatoms. The second-order valence-electron chi connectivity index (χ2n) is 3.72. The summed E-state index contributed by atoms with van der Waals surface area (Å²) in [5.74, 6) is 0.603. The van der Waals surface area contributed by atoms with Crippen molar-refractivity contribution in [2.75, 3.05) is 0 Å². The molecule has 1 radical (unpaired) electrons. The summed E-state index contributed by atoms with van der Waals surface area (Å²) in [6.07, 6.45) is 0. The molecule has 0 aromatic heterocycles. The number of rotatable bonds is 1. The summed E-state index contributed by atoms with van der Waals surface area (Å²) in [6.45, 7) is 4.48. The van der Waals surface area contributed by atoms with Gasteiger partial charge in [0.1, 0.15) is 0 Å². The molecule has 0 N–H and O–H groups in total. The molecule has 0 spiro atoms. The summed E-state index contributed by atoms with van der Waals surface area (Å²) in [4.78, 5) is 0. The molecule has 0 aliphatic heterocycles. The fourth-order valence-corrected chi connectivity index (χ4v) is 1.75. The summed E-state index contributed by atoms with van der Waals surface area (Å²) in [5, 5.41) is 2.73. The normalized spacial score (nSPS) is 10.2. The molecule has 2 aromatic carbocycles. The Hall–Kier alpha value is 0.336. The third kappa shape index (κ3) is 2.47. The molecule has 14 heavy (non-hydrogen) atoms. The van der Waals surface area contributed by atoms with Crippen molar-refractivity contribution in [1.29, 1.82) is 0 Å². The zero-order valence-corrected chi connectivity index (χ0v) is 12.2. The zero-order valence-electron chi connectivity index (χ0n) is 9.12. The molecule has 0 saturated carbocycles. The molecule has 2 aromatic rings. The fraction of sp³-hybridized carbons (Fsp3) is 0.231. The van der Waals surface area contributed by atoms with E-state index in [1.54, 1.807) is 0 Å². The monoisotopic (exact) mass is 209 g/mol. The van der Waals surface area contributed by atoms with E-state index in [2.05, 4.69) is 56.3 Å². The van der Waals surface area contributed by atoms with Crippen molar-refractivity contribution in [2.45, 2.75) is 19.8 Å². The molecule has 0 amide bonds. The number of fused-ring (bicyclic) bond motifs is 1. The van der Waals surface area contributed by atoms with Gasteiger partial charge in [0.2, 0.25) is 0 Å². The van der Waals surface area contributed by atoms with E-state index in [4.69, 9.17) is 0 Å². The molecule has 0 atom stereocenters. The molecule has 0 aliphatic carbocycles. The van der Waals surface area contributed by atoms with Crippen molar-refractivity contribution in [3.8, 4) is 0 Å². The smallest absolute Gasteiger partial charge is 0 e. The van der Waals surface area contributed by atoms with E-state index in [1.807, 2.05) is 0 Å². The van der Waals surface area contributed by atoms with Gasteiger partial charge in [-0.25, -0.2) is 0 Å². The van der Waals surface area contributed by atoms with Gasteiger partial charge in [-0.3, -0.25) is 0 Å². The summed E-state index contributed by atoms with van der Waals surface area (Å²) >= 11 is 0. The van der Waals surface area contributed by atoms with E-state index >= 15 is 0 Å². The number of hydrogen-bond donors (Lipinski definition) is 0. The molecular formula is C13H14K. The van der Waals surface area contributed by atoms with E-state index in [1.165, 1.54) is 16.3 Å². The van der Waals surface area contributed by atoms with Crippen LogP contribution in [-0.2, 0) is 0 Å². The Morgan fingerprint density at radius 1 is 0.857 bits per heavy atom. The molecule has 0 heterocycles. The van der Waals surface area contributed by atoms with Gasteiger partial charge in [-0.1, -0.05) is 56.3 Å². The van der Waals surface area contributed by atoms with Crippen LogP contribution in [0.4, 0.5) is 0 Å². The molecular weight excluding hydrogens is 195 g/mol. The first-order valence-corrected chi connectivity index (χ1v) is 4.76. The molecule has 0 unspecified atom stereocenters. The number of hydrogen-bond acceptors (Lipinski definition) is 0. The third-order valence-corrected chi connectivity index (χ3v) is 2.45. The van der Waals surface area contributed by atoms with Crippen LogP contribution in [0.3, 0.4) is 0 Å². The minimum Gasteiger partial charge on any atom is -0.0616 e. The second kappa shape index (κ2) is 5.43. The fourth-order valence-electron chi connectivity index (χ4n) is 1.75. The first-order chi connectivity index (χ1) is 6.29. The molecule has 0 aliphatic rings. The van der Waals surface area contributed by atoms with E-state index in [-0.39, 0.29) is 51.4 Å². The molecule has 0 bridgehead atoms. The van der Waals surface area contributed by atoms with Crippen LogP contribution in [0.2, 0.25) is 0 Å². The Morgan fingerprint density at radius 3 is 2.21 bits per heavy atom. The van der Waals surface area contributed by atoms with Crippen molar-refractivity contribution in [3.63, 3.8) is 0 Å². The van der Waals surface area contributed by atoms with Crippen LogP contribution >= 0.6 is 0 Å². The van der Waals surface area contributed by atoms with Gasteiger partial charge in [0.05, 0.1) is 0 Å². The van der Waals surface area contributed by atoms with Crippen LogP contribution in [0.15, 0.2) is 42.5 Å². The predicted molar refractivity (Wildman–Crippen MR) is 63.8 cm³/mol. The zero-order chi connectivity index (χ0) is 9.26. The Bertz CT molecular complexity index is 413. The van der Waals surface area contributed by atoms with E-state index < -0.39 is 0 Å². The average Bonchev–Trinajstić information content (AvgIpc) is 2.17. The molecule has 0 saturated heterocycles. The SMILES string of the molecule is CC(C)c1cccc2ccccc12.[K]. The van der Waals surface area contributed by atoms with Crippen LogP contribution < -0.4 is 0 Å². The van der Waals surface area contributed by atoms with Gasteiger partial charge in [-0.2, -0.15) is 0 Å². The third-order valence-electron chi connectivity index (χ3n) is 2.45. The average molecular weight is 209 g/mol. The first kappa shape index (κ1) is 12.4. The van der Waals surface area contributed by atoms with Gasteiger partial charge >= 0.3 is 0 Å². The number of benzene rings is 2. The summed E-state index contributed by atoms with van der Waals surface area (Å²) in [7, 11) is 0. The Kier molecular flexibility index (Phi) is 4.81. The maximum Gasteiger partial charge on any atom is 0 e.